The number of rotatable bonds is 9. The zero-order valence-electron chi connectivity index (χ0n) is 17.2. The van der Waals surface area contributed by atoms with E-state index in [9.17, 15) is 18.0 Å². The van der Waals surface area contributed by atoms with Gasteiger partial charge in [-0.3, -0.25) is 13.9 Å². The minimum atomic E-state index is -3.73. The average molecular weight is 452 g/mol. The van der Waals surface area contributed by atoms with Gasteiger partial charge in [0.05, 0.1) is 11.9 Å². The second kappa shape index (κ2) is 10.4. The largest absolute Gasteiger partial charge is 0.357 e. The Morgan fingerprint density at radius 1 is 1.07 bits per heavy atom. The van der Waals surface area contributed by atoms with Gasteiger partial charge in [0.2, 0.25) is 21.8 Å². The Morgan fingerprint density at radius 2 is 1.67 bits per heavy atom. The molecule has 2 aromatic carbocycles. The van der Waals surface area contributed by atoms with E-state index in [0.29, 0.717) is 22.7 Å². The fourth-order valence-electron chi connectivity index (χ4n) is 3.10. The Kier molecular flexibility index (Phi) is 8.25. The van der Waals surface area contributed by atoms with E-state index >= 15 is 0 Å². The first-order chi connectivity index (χ1) is 14.2. The van der Waals surface area contributed by atoms with Gasteiger partial charge in [-0.25, -0.2) is 8.42 Å². The molecule has 0 saturated heterocycles. The number of hydrogen-bond acceptors (Lipinski definition) is 4. The lowest BCUT2D eigenvalue weighted by Gasteiger charge is -2.32. The SMILES string of the molecule is CC[C@@H](C(=O)NC)N(Cc1ccccc1Cl)C(=O)CN(c1ccccc1)S(C)(=O)=O. The van der Waals surface area contributed by atoms with Crippen LogP contribution in [0.2, 0.25) is 5.02 Å². The van der Waals surface area contributed by atoms with E-state index in [2.05, 4.69) is 5.32 Å². The van der Waals surface area contributed by atoms with Gasteiger partial charge in [-0.05, 0) is 30.2 Å². The van der Waals surface area contributed by atoms with E-state index in [4.69, 9.17) is 11.6 Å². The second-order valence-electron chi connectivity index (χ2n) is 6.76. The molecule has 0 aliphatic heterocycles. The quantitative estimate of drug-likeness (QED) is 0.635. The Hall–Kier alpha value is -2.58. The van der Waals surface area contributed by atoms with E-state index in [-0.39, 0.29) is 12.5 Å². The molecule has 162 valence electrons. The van der Waals surface area contributed by atoms with Crippen LogP contribution < -0.4 is 9.62 Å². The molecule has 0 aliphatic carbocycles. The maximum absolute atomic E-state index is 13.3. The van der Waals surface area contributed by atoms with Gasteiger partial charge < -0.3 is 10.2 Å². The average Bonchev–Trinajstić information content (AvgIpc) is 2.72. The van der Waals surface area contributed by atoms with Crippen LogP contribution in [0.3, 0.4) is 0 Å². The molecule has 0 saturated carbocycles. The number of halogens is 1. The summed E-state index contributed by atoms with van der Waals surface area (Å²) in [5, 5.41) is 3.03. The monoisotopic (exact) mass is 451 g/mol. The number of sulfonamides is 1. The molecule has 7 nitrogen and oxygen atoms in total. The third-order valence-electron chi connectivity index (χ3n) is 4.65. The number of nitrogens with zero attached hydrogens (tertiary/aromatic N) is 2. The summed E-state index contributed by atoms with van der Waals surface area (Å²) in [5.41, 5.74) is 1.04. The number of nitrogens with one attached hydrogen (secondary N) is 1. The lowest BCUT2D eigenvalue weighted by Crippen LogP contribution is -2.51. The Balaban J connectivity index is 2.42. The van der Waals surface area contributed by atoms with E-state index in [1.807, 2.05) is 0 Å². The number of benzene rings is 2. The van der Waals surface area contributed by atoms with Gasteiger partial charge >= 0.3 is 0 Å². The van der Waals surface area contributed by atoms with Crippen LogP contribution in [0.25, 0.3) is 0 Å². The number of hydrogen-bond donors (Lipinski definition) is 1. The number of likely N-dealkylation sites (N-methyl/N-ethyl adjacent to an activating group) is 1. The highest BCUT2D eigenvalue weighted by Gasteiger charge is 2.31. The van der Waals surface area contributed by atoms with Gasteiger partial charge in [0.1, 0.15) is 12.6 Å². The predicted molar refractivity (Wildman–Crippen MR) is 119 cm³/mol. The Labute approximate surface area is 182 Å². The fraction of sp³-hybridized carbons (Fsp3) is 0.333. The van der Waals surface area contributed by atoms with E-state index in [1.54, 1.807) is 61.5 Å². The van der Waals surface area contributed by atoms with E-state index < -0.39 is 28.5 Å². The highest BCUT2D eigenvalue weighted by Crippen LogP contribution is 2.22. The molecule has 0 spiro atoms. The van der Waals surface area contributed by atoms with Crippen LogP contribution in [0.4, 0.5) is 5.69 Å². The van der Waals surface area contributed by atoms with Crippen molar-refractivity contribution in [3.63, 3.8) is 0 Å². The molecule has 30 heavy (non-hydrogen) atoms. The summed E-state index contributed by atoms with van der Waals surface area (Å²) in [6, 6.07) is 14.6. The summed E-state index contributed by atoms with van der Waals surface area (Å²) in [6.45, 7) is 1.44. The van der Waals surface area contributed by atoms with Crippen LogP contribution >= 0.6 is 11.6 Å². The summed E-state index contributed by atoms with van der Waals surface area (Å²) in [7, 11) is -2.23. The normalized spacial score (nSPS) is 12.1. The maximum Gasteiger partial charge on any atom is 0.244 e. The van der Waals surface area contributed by atoms with Crippen LogP contribution in [0, 0.1) is 0 Å². The van der Waals surface area contributed by atoms with Crippen LogP contribution in [0.1, 0.15) is 18.9 Å². The van der Waals surface area contributed by atoms with Crippen LogP contribution in [0.5, 0.6) is 0 Å². The first-order valence-corrected chi connectivity index (χ1v) is 11.7. The zero-order chi connectivity index (χ0) is 22.3. The zero-order valence-corrected chi connectivity index (χ0v) is 18.8. The minimum Gasteiger partial charge on any atom is -0.357 e. The molecule has 0 aromatic heterocycles. The summed E-state index contributed by atoms with van der Waals surface area (Å²) in [5.74, 6) is -0.830. The lowest BCUT2D eigenvalue weighted by atomic mass is 10.1. The summed E-state index contributed by atoms with van der Waals surface area (Å²) < 4.78 is 25.8. The van der Waals surface area contributed by atoms with Crippen molar-refractivity contribution in [1.82, 2.24) is 10.2 Å². The van der Waals surface area contributed by atoms with Crippen LogP contribution in [0.15, 0.2) is 54.6 Å². The smallest absolute Gasteiger partial charge is 0.244 e. The van der Waals surface area contributed by atoms with Crippen molar-refractivity contribution in [1.29, 1.82) is 0 Å². The highest BCUT2D eigenvalue weighted by atomic mass is 35.5. The van der Waals surface area contributed by atoms with Crippen molar-refractivity contribution < 1.29 is 18.0 Å². The molecule has 0 aliphatic rings. The van der Waals surface area contributed by atoms with Gasteiger partial charge in [-0.1, -0.05) is 54.9 Å². The predicted octanol–water partition coefficient (Wildman–Crippen LogP) is 2.66. The summed E-state index contributed by atoms with van der Waals surface area (Å²) in [6.07, 6.45) is 1.40. The van der Waals surface area contributed by atoms with Crippen molar-refractivity contribution in [3.05, 3.63) is 65.2 Å². The number of amides is 2. The first kappa shape index (κ1) is 23.7. The third kappa shape index (κ3) is 5.96. The first-order valence-electron chi connectivity index (χ1n) is 9.46. The number of para-hydroxylation sites is 1. The highest BCUT2D eigenvalue weighted by molar-refractivity contribution is 7.92. The van der Waals surface area contributed by atoms with Gasteiger partial charge in [-0.2, -0.15) is 0 Å². The number of carbonyl (C=O) groups excluding carboxylic acids is 2. The lowest BCUT2D eigenvalue weighted by molar-refractivity contribution is -0.140. The molecule has 0 radical (unpaired) electrons. The minimum absolute atomic E-state index is 0.0802. The molecule has 0 bridgehead atoms. The van der Waals surface area contributed by atoms with Crippen molar-refractivity contribution in [2.75, 3.05) is 24.2 Å². The van der Waals surface area contributed by atoms with E-state index in [1.165, 1.54) is 11.9 Å². The molecule has 0 unspecified atom stereocenters. The van der Waals surface area contributed by atoms with Gasteiger partial charge in [-0.15, -0.1) is 0 Å². The van der Waals surface area contributed by atoms with Gasteiger partial charge in [0.15, 0.2) is 0 Å². The second-order valence-corrected chi connectivity index (χ2v) is 9.07. The number of anilines is 1. The number of carbonyl (C=O) groups is 2. The fourth-order valence-corrected chi connectivity index (χ4v) is 4.15. The van der Waals surface area contributed by atoms with Crippen molar-refractivity contribution >= 4 is 39.1 Å². The molecule has 2 rings (SSSR count). The van der Waals surface area contributed by atoms with Gasteiger partial charge in [0, 0.05) is 18.6 Å². The van der Waals surface area contributed by atoms with Crippen molar-refractivity contribution in [2.24, 2.45) is 0 Å². The molecule has 0 fully saturated rings. The van der Waals surface area contributed by atoms with Crippen molar-refractivity contribution in [2.45, 2.75) is 25.9 Å². The van der Waals surface area contributed by atoms with Gasteiger partial charge in [0.25, 0.3) is 0 Å². The summed E-state index contributed by atoms with van der Waals surface area (Å²) >= 11 is 6.26. The molecule has 2 amide bonds. The third-order valence-corrected chi connectivity index (χ3v) is 6.16. The molecular weight excluding hydrogens is 426 g/mol. The van der Waals surface area contributed by atoms with Crippen molar-refractivity contribution in [3.8, 4) is 0 Å². The Morgan fingerprint density at radius 3 is 2.20 bits per heavy atom. The molecule has 9 heteroatoms. The molecule has 1 atom stereocenters. The van der Waals surface area contributed by atoms with Crippen LogP contribution in [-0.4, -0.2) is 51.0 Å². The molecule has 0 heterocycles. The summed E-state index contributed by atoms with van der Waals surface area (Å²) in [4.78, 5) is 27.1. The van der Waals surface area contributed by atoms with Crippen LogP contribution in [-0.2, 0) is 26.2 Å². The Bertz CT molecular complexity index is 983. The molecule has 1 N–H and O–H groups in total. The standard InChI is InChI=1S/C21H26ClN3O4S/c1-4-19(21(27)23-2)24(14-16-10-8-9-13-18(16)22)20(26)15-25(30(3,28)29)17-11-6-5-7-12-17/h5-13,19H,4,14-15H2,1-3H3,(H,23,27)/t19-/m0/s1. The van der Waals surface area contributed by atoms with E-state index in [0.717, 1.165) is 10.6 Å². The maximum atomic E-state index is 13.3. The topological polar surface area (TPSA) is 86.8 Å². The molecule has 2 aromatic rings. The molecular formula is C21H26ClN3O4S.